The lowest BCUT2D eigenvalue weighted by atomic mass is 10.1. The molecule has 24 heavy (non-hydrogen) atoms. The predicted molar refractivity (Wildman–Crippen MR) is 86.8 cm³/mol. The van der Waals surface area contributed by atoms with Crippen molar-refractivity contribution in [2.75, 3.05) is 11.9 Å². The third kappa shape index (κ3) is 3.24. The Morgan fingerprint density at radius 3 is 2.92 bits per heavy atom. The normalized spacial score (nSPS) is 14.4. The summed E-state index contributed by atoms with van der Waals surface area (Å²) in [7, 11) is 0. The van der Waals surface area contributed by atoms with Gasteiger partial charge < -0.3 is 19.9 Å². The van der Waals surface area contributed by atoms with Gasteiger partial charge in [-0.1, -0.05) is 11.2 Å². The molecule has 2 heterocycles. The fourth-order valence-corrected chi connectivity index (χ4v) is 2.66. The van der Waals surface area contributed by atoms with Crippen LogP contribution in [0, 0.1) is 13.8 Å². The van der Waals surface area contributed by atoms with Crippen molar-refractivity contribution < 1.29 is 18.8 Å². The molecule has 7 heteroatoms. The molecule has 1 aliphatic rings. The summed E-state index contributed by atoms with van der Waals surface area (Å²) < 4.78 is 10.4. The molecule has 2 amide bonds. The molecule has 1 aliphatic heterocycles. The highest BCUT2D eigenvalue weighted by atomic mass is 16.5. The maximum absolute atomic E-state index is 12.3. The highest BCUT2D eigenvalue weighted by Crippen LogP contribution is 2.30. The van der Waals surface area contributed by atoms with Crippen LogP contribution in [0.5, 0.6) is 5.75 Å². The van der Waals surface area contributed by atoms with E-state index >= 15 is 0 Å². The minimum absolute atomic E-state index is 0.0239. The summed E-state index contributed by atoms with van der Waals surface area (Å²) >= 11 is 0. The van der Waals surface area contributed by atoms with Crippen molar-refractivity contribution in [2.24, 2.45) is 0 Å². The third-order valence-corrected chi connectivity index (χ3v) is 4.03. The Morgan fingerprint density at radius 2 is 2.21 bits per heavy atom. The number of benzene rings is 1. The minimum Gasteiger partial charge on any atom is -0.482 e. The molecule has 0 saturated heterocycles. The molecule has 7 nitrogen and oxygen atoms in total. The van der Waals surface area contributed by atoms with Crippen molar-refractivity contribution >= 4 is 17.5 Å². The molecule has 0 aliphatic carbocycles. The van der Waals surface area contributed by atoms with E-state index in [1.165, 1.54) is 0 Å². The van der Waals surface area contributed by atoms with Gasteiger partial charge in [-0.2, -0.15) is 0 Å². The topological polar surface area (TPSA) is 93.5 Å². The number of aryl methyl sites for hydroxylation is 2. The zero-order valence-corrected chi connectivity index (χ0v) is 13.8. The van der Waals surface area contributed by atoms with Crippen LogP contribution in [-0.4, -0.2) is 23.6 Å². The number of ether oxygens (including phenoxy) is 1. The first-order valence-electron chi connectivity index (χ1n) is 7.71. The van der Waals surface area contributed by atoms with Crippen molar-refractivity contribution in [1.29, 1.82) is 0 Å². The monoisotopic (exact) mass is 329 g/mol. The molecule has 0 radical (unpaired) electrons. The molecule has 2 N–H and O–H groups in total. The molecule has 0 unspecified atom stereocenters. The highest BCUT2D eigenvalue weighted by molar-refractivity contribution is 5.95. The van der Waals surface area contributed by atoms with Crippen LogP contribution >= 0.6 is 0 Å². The van der Waals surface area contributed by atoms with Crippen LogP contribution in [0.4, 0.5) is 5.69 Å². The zero-order valence-electron chi connectivity index (χ0n) is 13.8. The van der Waals surface area contributed by atoms with Crippen LogP contribution in [0.1, 0.15) is 35.5 Å². The molecule has 0 spiro atoms. The van der Waals surface area contributed by atoms with Gasteiger partial charge in [0.25, 0.3) is 5.91 Å². The van der Waals surface area contributed by atoms with Crippen LogP contribution < -0.4 is 15.4 Å². The molecule has 0 fully saturated rings. The van der Waals surface area contributed by atoms with Gasteiger partial charge in [-0.3, -0.25) is 9.59 Å². The number of carbonyl (C=O) groups excluding carboxylic acids is 2. The van der Waals surface area contributed by atoms with Crippen molar-refractivity contribution in [2.45, 2.75) is 33.2 Å². The summed E-state index contributed by atoms with van der Waals surface area (Å²) in [6, 6.07) is 5.27. The average molecular weight is 329 g/mol. The number of anilines is 1. The van der Waals surface area contributed by atoms with Crippen LogP contribution in [-0.2, 0) is 16.0 Å². The van der Waals surface area contributed by atoms with Crippen molar-refractivity contribution in [3.8, 4) is 5.75 Å². The lowest BCUT2D eigenvalue weighted by molar-refractivity contribution is -0.121. The number of fused-ring (bicyclic) bond motifs is 1. The number of rotatable bonds is 4. The van der Waals surface area contributed by atoms with E-state index in [9.17, 15) is 9.59 Å². The molecule has 1 aromatic carbocycles. The molecule has 2 aromatic rings. The van der Waals surface area contributed by atoms with Crippen LogP contribution in [0.15, 0.2) is 22.7 Å². The summed E-state index contributed by atoms with van der Waals surface area (Å²) in [5, 5.41) is 9.56. The summed E-state index contributed by atoms with van der Waals surface area (Å²) in [6.07, 6.45) is 0.219. The van der Waals surface area contributed by atoms with E-state index in [4.69, 9.17) is 9.26 Å². The quantitative estimate of drug-likeness (QED) is 0.895. The van der Waals surface area contributed by atoms with Crippen molar-refractivity contribution in [3.63, 3.8) is 0 Å². The fourth-order valence-electron chi connectivity index (χ4n) is 2.66. The number of carbonyl (C=O) groups is 2. The zero-order chi connectivity index (χ0) is 17.3. The first kappa shape index (κ1) is 16.0. The second-order valence-electron chi connectivity index (χ2n) is 5.86. The molecular formula is C17H19N3O4. The van der Waals surface area contributed by atoms with Gasteiger partial charge in [-0.15, -0.1) is 0 Å². The lowest BCUT2D eigenvalue weighted by Gasteiger charge is -2.21. The number of amides is 2. The van der Waals surface area contributed by atoms with E-state index in [1.807, 2.05) is 26.0 Å². The van der Waals surface area contributed by atoms with E-state index in [-0.39, 0.29) is 30.9 Å². The van der Waals surface area contributed by atoms with Crippen LogP contribution in [0.2, 0.25) is 0 Å². The summed E-state index contributed by atoms with van der Waals surface area (Å²) in [5.41, 5.74) is 3.04. The van der Waals surface area contributed by atoms with Crippen molar-refractivity contribution in [1.82, 2.24) is 10.5 Å². The van der Waals surface area contributed by atoms with Crippen LogP contribution in [0.25, 0.3) is 0 Å². The van der Waals surface area contributed by atoms with Gasteiger partial charge >= 0.3 is 0 Å². The number of nitrogens with zero attached hydrogens (tertiary/aromatic N) is 1. The van der Waals surface area contributed by atoms with Gasteiger partial charge in [0.05, 0.1) is 23.8 Å². The summed E-state index contributed by atoms with van der Waals surface area (Å²) in [4.78, 5) is 23.7. The minimum atomic E-state index is -0.206. The Morgan fingerprint density at radius 1 is 1.42 bits per heavy atom. The SMILES string of the molecule is Cc1noc(C)c1CC(=O)N[C@H](C)c1ccc2c(c1)NC(=O)CO2. The number of aromatic nitrogens is 1. The Kier molecular flexibility index (Phi) is 4.24. The molecule has 0 bridgehead atoms. The largest absolute Gasteiger partial charge is 0.482 e. The summed E-state index contributed by atoms with van der Waals surface area (Å²) in [5.74, 6) is 0.987. The van der Waals surface area contributed by atoms with Crippen LogP contribution in [0.3, 0.4) is 0 Å². The van der Waals surface area contributed by atoms with E-state index in [0.29, 0.717) is 17.2 Å². The van der Waals surface area contributed by atoms with Gasteiger partial charge in [0.2, 0.25) is 5.91 Å². The third-order valence-electron chi connectivity index (χ3n) is 4.03. The van der Waals surface area contributed by atoms with Gasteiger partial charge in [0.1, 0.15) is 11.5 Å². The fraction of sp³-hybridized carbons (Fsp3) is 0.353. The number of hydrogen-bond donors (Lipinski definition) is 2. The molecule has 126 valence electrons. The molecule has 0 saturated carbocycles. The highest BCUT2D eigenvalue weighted by Gasteiger charge is 2.19. The summed E-state index contributed by atoms with van der Waals surface area (Å²) in [6.45, 7) is 5.52. The van der Waals surface area contributed by atoms with E-state index in [2.05, 4.69) is 15.8 Å². The Bertz CT molecular complexity index is 778. The number of hydrogen-bond acceptors (Lipinski definition) is 5. The van der Waals surface area contributed by atoms with E-state index in [0.717, 1.165) is 16.8 Å². The van der Waals surface area contributed by atoms with E-state index < -0.39 is 0 Å². The first-order valence-corrected chi connectivity index (χ1v) is 7.71. The maximum Gasteiger partial charge on any atom is 0.262 e. The molecule has 3 rings (SSSR count). The molecule has 1 aromatic heterocycles. The predicted octanol–water partition coefficient (Wildman–Crippen LogP) is 2.04. The van der Waals surface area contributed by atoms with Gasteiger partial charge in [0.15, 0.2) is 6.61 Å². The lowest BCUT2D eigenvalue weighted by Crippen LogP contribution is -2.29. The smallest absolute Gasteiger partial charge is 0.262 e. The van der Waals surface area contributed by atoms with Gasteiger partial charge in [0, 0.05) is 5.56 Å². The first-order chi connectivity index (χ1) is 11.4. The van der Waals surface area contributed by atoms with E-state index in [1.54, 1.807) is 13.0 Å². The number of nitrogens with one attached hydrogen (secondary N) is 2. The Hall–Kier alpha value is -2.83. The van der Waals surface area contributed by atoms with Gasteiger partial charge in [-0.05, 0) is 38.5 Å². The standard InChI is InChI=1S/C17H19N3O4/c1-9(18-16(21)7-13-10(2)20-24-11(13)3)12-4-5-15-14(6-12)19-17(22)8-23-15/h4-6,9H,7-8H2,1-3H3,(H,18,21)(H,19,22)/t9-/m1/s1. The maximum atomic E-state index is 12.3. The molecule has 1 atom stereocenters. The van der Waals surface area contributed by atoms with Gasteiger partial charge in [-0.25, -0.2) is 0 Å². The Balaban J connectivity index is 1.68. The second-order valence-corrected chi connectivity index (χ2v) is 5.86. The average Bonchev–Trinajstić information content (AvgIpc) is 2.86. The van der Waals surface area contributed by atoms with Crippen molar-refractivity contribution in [3.05, 3.63) is 40.8 Å². The molecular weight excluding hydrogens is 310 g/mol. The Labute approximate surface area is 139 Å². The second kappa shape index (κ2) is 6.35.